The third-order valence-electron chi connectivity index (χ3n) is 5.22. The van der Waals surface area contributed by atoms with E-state index in [9.17, 15) is 18.0 Å². The predicted octanol–water partition coefficient (Wildman–Crippen LogP) is 5.63. The van der Waals surface area contributed by atoms with E-state index >= 15 is 0 Å². The van der Waals surface area contributed by atoms with Crippen LogP contribution in [0.4, 0.5) is 24.1 Å². The second-order valence-corrected chi connectivity index (χ2v) is 10.1. The van der Waals surface area contributed by atoms with Crippen LogP contribution >= 0.6 is 22.7 Å². The average Bonchev–Trinajstić information content (AvgIpc) is 3.39. The minimum absolute atomic E-state index is 0.0885. The molecule has 2 N–H and O–H groups in total. The van der Waals surface area contributed by atoms with E-state index in [4.69, 9.17) is 0 Å². The number of alkyl halides is 3. The van der Waals surface area contributed by atoms with Crippen molar-refractivity contribution in [2.24, 2.45) is 5.16 Å². The van der Waals surface area contributed by atoms with Gasteiger partial charge in [-0.15, -0.1) is 22.7 Å². The van der Waals surface area contributed by atoms with Crippen molar-refractivity contribution in [3.8, 4) is 10.6 Å². The van der Waals surface area contributed by atoms with Gasteiger partial charge >= 0.3 is 6.18 Å². The van der Waals surface area contributed by atoms with Gasteiger partial charge in [-0.1, -0.05) is 5.16 Å². The zero-order chi connectivity index (χ0) is 25.0. The summed E-state index contributed by atoms with van der Waals surface area (Å²) < 4.78 is 36.4. The first kappa shape index (κ1) is 25.0. The van der Waals surface area contributed by atoms with Gasteiger partial charge in [0.2, 0.25) is 6.61 Å². The highest BCUT2D eigenvalue weighted by molar-refractivity contribution is 7.16. The highest BCUT2D eigenvalue weighted by Crippen LogP contribution is 2.32. The Hall–Kier alpha value is -3.06. The first-order valence-electron chi connectivity index (χ1n) is 10.8. The summed E-state index contributed by atoms with van der Waals surface area (Å²) in [7, 11) is 0. The molecule has 0 aromatic carbocycles. The quantitative estimate of drug-likeness (QED) is 0.389. The minimum Gasteiger partial charge on any atom is -0.386 e. The average molecular weight is 525 g/mol. The zero-order valence-corrected chi connectivity index (χ0v) is 20.6. The number of pyridine rings is 1. The number of thiazole rings is 2. The van der Waals surface area contributed by atoms with Crippen LogP contribution < -0.4 is 10.6 Å². The lowest BCUT2D eigenvalue weighted by Crippen LogP contribution is -2.37. The van der Waals surface area contributed by atoms with E-state index in [1.54, 1.807) is 23.5 Å². The monoisotopic (exact) mass is 524 g/mol. The maximum atomic E-state index is 12.6. The molecule has 186 valence electrons. The number of nitrogens with zero attached hydrogens (tertiary/aromatic N) is 4. The number of rotatable bonds is 7. The van der Waals surface area contributed by atoms with Crippen molar-refractivity contribution in [2.75, 3.05) is 11.9 Å². The topological polar surface area (TPSA) is 101 Å². The Bertz CT molecular complexity index is 1200. The Labute approximate surface area is 207 Å². The van der Waals surface area contributed by atoms with Crippen LogP contribution in [0.3, 0.4) is 0 Å². The Kier molecular flexibility index (Phi) is 7.65. The van der Waals surface area contributed by atoms with Gasteiger partial charge in [0.15, 0.2) is 5.13 Å². The van der Waals surface area contributed by atoms with Crippen molar-refractivity contribution in [3.05, 3.63) is 40.0 Å². The van der Waals surface area contributed by atoms with Gasteiger partial charge in [0.1, 0.15) is 5.82 Å². The molecule has 0 unspecified atom stereocenters. The van der Waals surface area contributed by atoms with Crippen molar-refractivity contribution in [2.45, 2.75) is 51.7 Å². The van der Waals surface area contributed by atoms with Crippen molar-refractivity contribution in [3.63, 3.8) is 0 Å². The number of aryl methyl sites for hydroxylation is 2. The van der Waals surface area contributed by atoms with Crippen LogP contribution in [0.15, 0.2) is 28.9 Å². The number of aromatic nitrogens is 3. The first-order valence-corrected chi connectivity index (χ1v) is 12.5. The van der Waals surface area contributed by atoms with Crippen LogP contribution in [-0.2, 0) is 4.84 Å². The van der Waals surface area contributed by atoms with E-state index < -0.39 is 12.8 Å². The molecule has 1 saturated carbocycles. The number of halogens is 3. The molecule has 0 saturated heterocycles. The lowest BCUT2D eigenvalue weighted by molar-refractivity contribution is -0.173. The van der Waals surface area contributed by atoms with Crippen LogP contribution in [0.2, 0.25) is 0 Å². The fraction of sp³-hybridized carbons (Fsp3) is 0.409. The largest absolute Gasteiger partial charge is 0.425 e. The predicted molar refractivity (Wildman–Crippen MR) is 129 cm³/mol. The normalized spacial score (nSPS) is 16.1. The lowest BCUT2D eigenvalue weighted by Gasteiger charge is -2.23. The Morgan fingerprint density at radius 1 is 1.23 bits per heavy atom. The number of amides is 1. The molecule has 13 heteroatoms. The van der Waals surface area contributed by atoms with Gasteiger partial charge < -0.3 is 15.5 Å². The summed E-state index contributed by atoms with van der Waals surface area (Å²) in [5.74, 6) is 0.312. The van der Waals surface area contributed by atoms with Gasteiger partial charge in [0.25, 0.3) is 5.91 Å². The number of nitrogens with one attached hydrogen (secondary N) is 2. The molecular weight excluding hydrogens is 501 g/mol. The minimum atomic E-state index is -4.41. The summed E-state index contributed by atoms with van der Waals surface area (Å²) in [6.07, 6.45) is -0.807. The summed E-state index contributed by atoms with van der Waals surface area (Å²) in [4.78, 5) is 31.3. The van der Waals surface area contributed by atoms with Gasteiger partial charge in [-0.2, -0.15) is 13.2 Å². The van der Waals surface area contributed by atoms with Crippen molar-refractivity contribution in [1.29, 1.82) is 0 Å². The summed E-state index contributed by atoms with van der Waals surface area (Å²) in [6.45, 7) is 2.53. The SMILES string of the molecule is Cc1nc(C)c(-c2csc(Nc3ccc(C(=O)NC4CCC(=NOCC(F)(F)F)CC4)cn3)n2)s1. The van der Waals surface area contributed by atoms with E-state index in [1.165, 1.54) is 17.5 Å². The molecule has 1 aliphatic rings. The standard InChI is InChI=1S/C22H23F3N6O2S2/c1-12-19(35-13(2)27-12)17-10-34-21(29-17)30-18-8-3-14(9-26-18)20(32)28-15-4-6-16(7-5-15)31-33-11-22(23,24)25/h3,8-10,15H,4-7,11H2,1-2H3,(H,28,32)(H,26,29,30). The molecule has 0 aliphatic heterocycles. The summed E-state index contributed by atoms with van der Waals surface area (Å²) >= 11 is 3.06. The fourth-order valence-corrected chi connectivity index (χ4v) is 5.23. The van der Waals surface area contributed by atoms with Crippen molar-refractivity contribution in [1.82, 2.24) is 20.3 Å². The van der Waals surface area contributed by atoms with Crippen LogP contribution in [0.5, 0.6) is 0 Å². The third kappa shape index (κ3) is 6.98. The molecule has 0 bridgehead atoms. The van der Waals surface area contributed by atoms with Crippen molar-refractivity contribution < 1.29 is 22.8 Å². The lowest BCUT2D eigenvalue weighted by atomic mass is 9.93. The Morgan fingerprint density at radius 3 is 2.63 bits per heavy atom. The van der Waals surface area contributed by atoms with Crippen molar-refractivity contribution >= 4 is 45.2 Å². The Morgan fingerprint density at radius 2 is 2.00 bits per heavy atom. The summed E-state index contributed by atoms with van der Waals surface area (Å²) in [5, 5.41) is 13.3. The molecule has 4 rings (SSSR count). The van der Waals surface area contributed by atoms with Gasteiger partial charge in [0.05, 0.1) is 32.5 Å². The number of hydrogen-bond acceptors (Lipinski definition) is 9. The van der Waals surface area contributed by atoms with Gasteiger partial charge in [-0.25, -0.2) is 15.0 Å². The fourth-order valence-electron chi connectivity index (χ4n) is 3.57. The number of oxime groups is 1. The number of carbonyl (C=O) groups is 1. The second kappa shape index (κ2) is 10.7. The van der Waals surface area contributed by atoms with E-state index in [0.717, 1.165) is 21.3 Å². The molecule has 3 aromatic heterocycles. The molecule has 1 fully saturated rings. The molecule has 1 amide bonds. The van der Waals surface area contributed by atoms with Crippen LogP contribution in [-0.4, -0.2) is 45.4 Å². The summed E-state index contributed by atoms with van der Waals surface area (Å²) in [5.41, 5.74) is 2.81. The van der Waals surface area contributed by atoms with Crippen LogP contribution in [0.1, 0.15) is 46.7 Å². The molecule has 0 spiro atoms. The zero-order valence-electron chi connectivity index (χ0n) is 19.0. The smallest absolute Gasteiger partial charge is 0.386 e. The maximum absolute atomic E-state index is 12.6. The third-order valence-corrected chi connectivity index (χ3v) is 7.07. The molecule has 35 heavy (non-hydrogen) atoms. The molecule has 0 radical (unpaired) electrons. The number of carbonyl (C=O) groups excluding carboxylic acids is 1. The maximum Gasteiger partial charge on any atom is 0.425 e. The van der Waals surface area contributed by atoms with E-state index in [1.807, 2.05) is 19.2 Å². The van der Waals surface area contributed by atoms with Gasteiger partial charge in [-0.3, -0.25) is 4.79 Å². The molecule has 1 aliphatic carbocycles. The number of anilines is 2. The second-order valence-electron chi connectivity index (χ2n) is 8.04. The van der Waals surface area contributed by atoms with Crippen LogP contribution in [0.25, 0.3) is 10.6 Å². The molecule has 0 atom stereocenters. The number of hydrogen-bond donors (Lipinski definition) is 2. The molecule has 3 aromatic rings. The van der Waals surface area contributed by atoms with Gasteiger partial charge in [0, 0.05) is 17.6 Å². The Balaban J connectivity index is 1.27. The summed E-state index contributed by atoms with van der Waals surface area (Å²) in [6, 6.07) is 3.30. The van der Waals surface area contributed by atoms with Crippen LogP contribution in [0, 0.1) is 13.8 Å². The van der Waals surface area contributed by atoms with E-state index in [2.05, 4.69) is 35.6 Å². The highest BCUT2D eigenvalue weighted by Gasteiger charge is 2.29. The molecular formula is C22H23F3N6O2S2. The van der Waals surface area contributed by atoms with E-state index in [0.29, 0.717) is 47.9 Å². The highest BCUT2D eigenvalue weighted by atomic mass is 32.1. The van der Waals surface area contributed by atoms with Gasteiger partial charge in [-0.05, 0) is 51.7 Å². The molecule has 8 nitrogen and oxygen atoms in total. The first-order chi connectivity index (χ1) is 16.7. The van der Waals surface area contributed by atoms with E-state index in [-0.39, 0.29) is 11.9 Å². The molecule has 3 heterocycles.